The first kappa shape index (κ1) is 57.3. The van der Waals surface area contributed by atoms with E-state index in [1.165, 1.54) is 41.7 Å². The van der Waals surface area contributed by atoms with Gasteiger partial charge >= 0.3 is 0 Å². The molecule has 0 bridgehead atoms. The lowest BCUT2D eigenvalue weighted by molar-refractivity contribution is 0.100. The number of pyridine rings is 1. The number of primary amides is 1. The number of thioether (sulfide) groups is 1. The molecule has 1 amide bonds. The van der Waals surface area contributed by atoms with Crippen molar-refractivity contribution in [3.8, 4) is 17.4 Å². The summed E-state index contributed by atoms with van der Waals surface area (Å²) >= 11 is 8.57. The van der Waals surface area contributed by atoms with E-state index in [4.69, 9.17) is 26.8 Å². The van der Waals surface area contributed by atoms with Crippen LogP contribution in [0.5, 0.6) is 17.4 Å². The SMILES string of the molecule is CCCOc1cc(N=Nc2c(C)c(C(N)=O)c3nc4ccccc4n3c2O)c(OCCCS(=O)(=O)O)cc1N=Nc1cc(Cl)c(N=Nc2nc3c(S(=O)(=O)O)cc4ccc(S(=O)(=O)O)cc4c3s2)cc1SCCCS(=O)(=O)O. The van der Waals surface area contributed by atoms with Crippen molar-refractivity contribution in [3.63, 3.8) is 0 Å². The molecule has 7 N–H and O–H groups in total. The van der Waals surface area contributed by atoms with E-state index in [1.807, 2.05) is 6.92 Å². The van der Waals surface area contributed by atoms with E-state index in [0.717, 1.165) is 41.3 Å². The number of amides is 1. The van der Waals surface area contributed by atoms with Crippen LogP contribution >= 0.6 is 34.7 Å². The van der Waals surface area contributed by atoms with Gasteiger partial charge in [0.15, 0.2) is 5.65 Å². The van der Waals surface area contributed by atoms with E-state index in [1.54, 1.807) is 24.3 Å². The van der Waals surface area contributed by atoms with Crippen LogP contribution in [0.3, 0.4) is 0 Å². The third-order valence-electron chi connectivity index (χ3n) is 11.1. The van der Waals surface area contributed by atoms with Gasteiger partial charge in [0.2, 0.25) is 11.0 Å². The van der Waals surface area contributed by atoms with Gasteiger partial charge in [0.1, 0.15) is 50.3 Å². The van der Waals surface area contributed by atoms with Gasteiger partial charge in [-0.2, -0.15) is 33.7 Å². The number of azo groups is 3. The molecule has 0 saturated heterocycles. The average molecular weight is 1210 g/mol. The number of halogens is 1. The first-order valence-electron chi connectivity index (χ1n) is 22.5. The maximum atomic E-state index is 12.8. The van der Waals surface area contributed by atoms with Crippen LogP contribution in [0.25, 0.3) is 37.7 Å². The van der Waals surface area contributed by atoms with Crippen LogP contribution in [0.4, 0.5) is 33.6 Å². The van der Waals surface area contributed by atoms with Crippen molar-refractivity contribution in [2.24, 2.45) is 36.4 Å². The highest BCUT2D eigenvalue weighted by Gasteiger charge is 2.26. The lowest BCUT2D eigenvalue weighted by atomic mass is 10.1. The van der Waals surface area contributed by atoms with Gasteiger partial charge in [0.05, 0.1) is 55.9 Å². The number of para-hydroxylation sites is 2. The van der Waals surface area contributed by atoms with Gasteiger partial charge in [-0.3, -0.25) is 27.4 Å². The van der Waals surface area contributed by atoms with E-state index in [0.29, 0.717) is 17.5 Å². The third kappa shape index (κ3) is 13.2. The van der Waals surface area contributed by atoms with Crippen molar-refractivity contribution >= 4 is 152 Å². The average Bonchev–Trinajstić information content (AvgIpc) is 4.19. The Morgan fingerprint density at radius 2 is 1.40 bits per heavy atom. The van der Waals surface area contributed by atoms with Crippen molar-refractivity contribution < 1.29 is 71.3 Å². The second-order valence-corrected chi connectivity index (χ2v) is 25.1. The lowest BCUT2D eigenvalue weighted by Gasteiger charge is -2.14. The van der Waals surface area contributed by atoms with Crippen LogP contribution in [0, 0.1) is 6.92 Å². The number of fused-ring (bicyclic) bond motifs is 6. The molecule has 0 aliphatic heterocycles. The first-order valence-corrected chi connectivity index (χ1v) is 30.8. The number of hydrogen-bond donors (Lipinski definition) is 6. The molecule has 3 aromatic heterocycles. The van der Waals surface area contributed by atoms with Gasteiger partial charge in [-0.25, -0.2) is 9.97 Å². The normalized spacial score (nSPS) is 12.9. The highest BCUT2D eigenvalue weighted by atomic mass is 35.5. The number of thiazole rings is 1. The number of ether oxygens (including phenoxy) is 2. The molecule has 26 nitrogen and oxygen atoms in total. The lowest BCUT2D eigenvalue weighted by Crippen LogP contribution is -2.15. The predicted octanol–water partition coefficient (Wildman–Crippen LogP) is 10.6. The number of carbonyl (C=O) groups excluding carboxylic acids is 1. The Hall–Kier alpha value is -6.85. The zero-order valence-corrected chi connectivity index (χ0v) is 45.9. The van der Waals surface area contributed by atoms with Gasteiger partial charge in [0, 0.05) is 22.4 Å². The molecule has 5 aromatic carbocycles. The van der Waals surface area contributed by atoms with Gasteiger partial charge in [-0.05, 0) is 85.4 Å². The van der Waals surface area contributed by atoms with E-state index in [9.17, 15) is 61.8 Å². The summed E-state index contributed by atoms with van der Waals surface area (Å²) in [5.74, 6) is -2.49. The number of aromatic hydroxyl groups is 1. The van der Waals surface area contributed by atoms with Crippen LogP contribution in [-0.2, 0) is 40.5 Å². The molecule has 8 rings (SSSR count). The Labute approximate surface area is 456 Å². The molecular formula is C45H41ClN10O16S6. The smallest absolute Gasteiger partial charge is 0.296 e. The van der Waals surface area contributed by atoms with E-state index in [2.05, 4.69) is 40.7 Å². The Kier molecular flexibility index (Phi) is 16.8. The maximum Gasteiger partial charge on any atom is 0.296 e. The summed E-state index contributed by atoms with van der Waals surface area (Å²) in [5.41, 5.74) is 6.40. The van der Waals surface area contributed by atoms with Gasteiger partial charge in [-0.1, -0.05) is 48.1 Å². The topological polar surface area (TPSA) is 404 Å². The fourth-order valence-electron chi connectivity index (χ4n) is 7.60. The Morgan fingerprint density at radius 3 is 2.05 bits per heavy atom. The molecule has 0 unspecified atom stereocenters. The molecule has 0 atom stereocenters. The van der Waals surface area contributed by atoms with E-state index in [-0.39, 0.29) is 125 Å². The summed E-state index contributed by atoms with van der Waals surface area (Å²) in [7, 11) is -18.3. The number of imidazole rings is 1. The Morgan fingerprint density at radius 1 is 0.756 bits per heavy atom. The summed E-state index contributed by atoms with van der Waals surface area (Å²) in [4.78, 5) is 20.7. The van der Waals surface area contributed by atoms with E-state index < -0.39 is 73.6 Å². The van der Waals surface area contributed by atoms with Crippen molar-refractivity contribution in [1.82, 2.24) is 14.4 Å². The fraction of sp³-hybridized carbons (Fsp3) is 0.222. The molecule has 0 aliphatic rings. The van der Waals surface area contributed by atoms with Crippen molar-refractivity contribution in [3.05, 3.63) is 88.9 Å². The quantitative estimate of drug-likeness (QED) is 0.0159. The van der Waals surface area contributed by atoms with Crippen LogP contribution in [0.2, 0.25) is 5.02 Å². The number of nitrogens with zero attached hydrogens (tertiary/aromatic N) is 9. The van der Waals surface area contributed by atoms with Gasteiger partial charge in [-0.15, -0.1) is 42.4 Å². The predicted molar refractivity (Wildman–Crippen MR) is 289 cm³/mol. The first-order chi connectivity index (χ1) is 36.7. The molecule has 0 fully saturated rings. The molecular weight excluding hydrogens is 1160 g/mol. The summed E-state index contributed by atoms with van der Waals surface area (Å²) in [6, 6.07) is 16.7. The number of benzene rings is 5. The summed E-state index contributed by atoms with van der Waals surface area (Å²) in [6.07, 6.45) is 0.279. The molecule has 0 radical (unpaired) electrons. The maximum absolute atomic E-state index is 12.8. The van der Waals surface area contributed by atoms with Crippen molar-refractivity contribution in [2.45, 2.75) is 47.8 Å². The Balaban J connectivity index is 1.21. The van der Waals surface area contributed by atoms with Crippen molar-refractivity contribution in [1.29, 1.82) is 0 Å². The summed E-state index contributed by atoms with van der Waals surface area (Å²) in [5, 5.41) is 37.6. The molecule has 410 valence electrons. The number of rotatable bonds is 22. The number of carbonyl (C=O) groups is 1. The highest BCUT2D eigenvalue weighted by Crippen LogP contribution is 2.46. The molecule has 33 heteroatoms. The monoisotopic (exact) mass is 1200 g/mol. The second-order valence-electron chi connectivity index (χ2n) is 16.7. The molecule has 3 heterocycles. The van der Waals surface area contributed by atoms with Crippen LogP contribution in [0.1, 0.15) is 42.1 Å². The minimum absolute atomic E-state index is 0.00655. The molecule has 0 saturated carbocycles. The van der Waals surface area contributed by atoms with Crippen molar-refractivity contribution in [2.75, 3.05) is 30.5 Å². The molecule has 0 spiro atoms. The standard InChI is InChI=1S/C45H41ClN10O16S6/c1-3-12-71-34-21-31(52-54-39-23(2)38(42(47)57)43-48-28-8-4-5-9-33(28)56(43)44(39)58)35(72-13-6-15-75(59,60)61)20-30(34)51-53-32-19-27(46)29(22-36(32)73-14-7-16-76(62,63)64)50-55-45-49-40-37(78(68,69)70)17-24-10-11-25(77(65,66)67)18-26(24)41(40)74-45/h4-5,8-11,17-22,58H,3,6-7,12-16H2,1-2H3,(H2,47,57)(H,59,60,61)(H,62,63,64)(H,65,66,67)(H,68,69,70). The number of aromatic nitrogens is 3. The largest absolute Gasteiger partial charge is 0.493 e. The number of hydrogen-bond acceptors (Lipinski definition) is 22. The second kappa shape index (κ2) is 22.9. The Bertz CT molecular complexity index is 4310. The summed E-state index contributed by atoms with van der Waals surface area (Å²) < 4.78 is 147. The molecule has 8 aromatic rings. The van der Waals surface area contributed by atoms with Crippen LogP contribution in [0.15, 0.2) is 118 Å². The fourth-order valence-corrected chi connectivity index (χ4v) is 12.1. The molecule has 0 aliphatic carbocycles. The zero-order valence-electron chi connectivity index (χ0n) is 40.2. The minimum atomic E-state index is -4.90. The van der Waals surface area contributed by atoms with Gasteiger partial charge in [0.25, 0.3) is 46.4 Å². The number of nitrogens with two attached hydrogens (primary N) is 1. The van der Waals surface area contributed by atoms with Gasteiger partial charge < -0.3 is 20.3 Å². The summed E-state index contributed by atoms with van der Waals surface area (Å²) in [6.45, 7) is 3.16. The van der Waals surface area contributed by atoms with E-state index >= 15 is 0 Å². The minimum Gasteiger partial charge on any atom is -0.493 e. The molecule has 78 heavy (non-hydrogen) atoms. The van der Waals surface area contributed by atoms with Crippen LogP contribution < -0.4 is 15.2 Å². The van der Waals surface area contributed by atoms with Crippen LogP contribution in [-0.4, -0.2) is 108 Å². The third-order valence-corrected chi connectivity index (χ3v) is 16.8. The highest BCUT2D eigenvalue weighted by molar-refractivity contribution is 7.99. The zero-order chi connectivity index (χ0) is 56.5.